The van der Waals surface area contributed by atoms with Crippen LogP contribution in [0.25, 0.3) is 0 Å². The number of unbranched alkanes of at least 4 members (excludes halogenated alkanes) is 1. The normalized spacial score (nSPS) is 25.6. The Kier molecular flexibility index (Phi) is 5.44. The lowest BCUT2D eigenvalue weighted by Gasteiger charge is -2.36. The maximum Gasteiger partial charge on any atom is 0.243 e. The van der Waals surface area contributed by atoms with Crippen molar-refractivity contribution in [3.05, 3.63) is 11.7 Å². The van der Waals surface area contributed by atoms with E-state index in [1.54, 1.807) is 0 Å². The van der Waals surface area contributed by atoms with Crippen LogP contribution < -0.4 is 0 Å². The number of likely N-dealkylation sites (tertiary alicyclic amines) is 1. The van der Waals surface area contributed by atoms with E-state index in [9.17, 15) is 0 Å². The summed E-state index contributed by atoms with van der Waals surface area (Å²) in [5.41, 5.74) is 0. The Morgan fingerprint density at radius 1 is 1.32 bits per heavy atom. The second-order valence-corrected chi connectivity index (χ2v) is 6.34. The Balaban J connectivity index is 1.58. The molecule has 2 aliphatic heterocycles. The molecule has 0 radical (unpaired) electrons. The van der Waals surface area contributed by atoms with Crippen LogP contribution in [0.5, 0.6) is 0 Å². The Labute approximate surface area is 132 Å². The van der Waals surface area contributed by atoms with E-state index in [4.69, 9.17) is 14.0 Å². The minimum absolute atomic E-state index is 0.0298. The zero-order chi connectivity index (χ0) is 15.4. The van der Waals surface area contributed by atoms with Gasteiger partial charge in [-0.1, -0.05) is 18.5 Å². The minimum Gasteiger partial charge on any atom is -0.350 e. The van der Waals surface area contributed by atoms with E-state index in [1.165, 1.54) is 6.42 Å². The van der Waals surface area contributed by atoms with E-state index in [-0.39, 0.29) is 12.3 Å². The van der Waals surface area contributed by atoms with Gasteiger partial charge in [-0.05, 0) is 32.7 Å². The average molecular weight is 309 g/mol. The molecule has 22 heavy (non-hydrogen) atoms. The van der Waals surface area contributed by atoms with Gasteiger partial charge in [0.25, 0.3) is 0 Å². The average Bonchev–Trinajstić information content (AvgIpc) is 3.24. The van der Waals surface area contributed by atoms with Gasteiger partial charge in [0.2, 0.25) is 5.89 Å². The number of rotatable bonds is 6. The molecule has 1 aromatic heterocycles. The third kappa shape index (κ3) is 3.67. The number of ether oxygens (including phenoxy) is 2. The number of hydrogen-bond acceptors (Lipinski definition) is 6. The molecular formula is C16H27N3O3. The van der Waals surface area contributed by atoms with Crippen molar-refractivity contribution in [1.82, 2.24) is 15.0 Å². The standard InChI is InChI=1S/C16H27N3O3/c1-3-4-7-14-17-15(22-18-14)12(2)19-8-5-6-13(11-19)16-20-9-10-21-16/h12-13,16H,3-11H2,1-2H3. The quantitative estimate of drug-likeness (QED) is 0.805. The van der Waals surface area contributed by atoms with Gasteiger partial charge in [0.15, 0.2) is 12.1 Å². The van der Waals surface area contributed by atoms with Gasteiger partial charge >= 0.3 is 0 Å². The zero-order valence-corrected chi connectivity index (χ0v) is 13.7. The van der Waals surface area contributed by atoms with Crippen LogP contribution in [0.2, 0.25) is 0 Å². The Bertz CT molecular complexity index is 459. The lowest BCUT2D eigenvalue weighted by molar-refractivity contribution is -0.104. The van der Waals surface area contributed by atoms with Crippen molar-refractivity contribution in [3.8, 4) is 0 Å². The van der Waals surface area contributed by atoms with E-state index < -0.39 is 0 Å². The molecular weight excluding hydrogens is 282 g/mol. The molecule has 2 saturated heterocycles. The molecule has 2 fully saturated rings. The number of hydrogen-bond donors (Lipinski definition) is 0. The topological polar surface area (TPSA) is 60.6 Å². The third-order valence-electron chi connectivity index (χ3n) is 4.66. The monoisotopic (exact) mass is 309 g/mol. The molecule has 3 heterocycles. The molecule has 6 heteroatoms. The van der Waals surface area contributed by atoms with Crippen LogP contribution in [0, 0.1) is 5.92 Å². The van der Waals surface area contributed by atoms with Gasteiger partial charge in [-0.25, -0.2) is 0 Å². The molecule has 0 aromatic carbocycles. The molecule has 0 spiro atoms. The van der Waals surface area contributed by atoms with Crippen molar-refractivity contribution >= 4 is 0 Å². The highest BCUT2D eigenvalue weighted by atomic mass is 16.7. The predicted molar refractivity (Wildman–Crippen MR) is 81.3 cm³/mol. The van der Waals surface area contributed by atoms with Crippen LogP contribution in [-0.2, 0) is 15.9 Å². The van der Waals surface area contributed by atoms with Crippen molar-refractivity contribution in [3.63, 3.8) is 0 Å². The van der Waals surface area contributed by atoms with E-state index in [2.05, 4.69) is 28.9 Å². The number of nitrogens with zero attached hydrogens (tertiary/aromatic N) is 3. The van der Waals surface area contributed by atoms with Crippen molar-refractivity contribution in [2.24, 2.45) is 5.92 Å². The predicted octanol–water partition coefficient (Wildman–Crippen LogP) is 2.56. The molecule has 0 aliphatic carbocycles. The highest BCUT2D eigenvalue weighted by Gasteiger charge is 2.34. The Hall–Kier alpha value is -0.980. The second-order valence-electron chi connectivity index (χ2n) is 6.34. The fourth-order valence-electron chi connectivity index (χ4n) is 3.29. The summed E-state index contributed by atoms with van der Waals surface area (Å²) in [6.07, 6.45) is 5.45. The zero-order valence-electron chi connectivity index (χ0n) is 13.7. The van der Waals surface area contributed by atoms with E-state index in [0.29, 0.717) is 5.92 Å². The number of aryl methyl sites for hydroxylation is 1. The summed E-state index contributed by atoms with van der Waals surface area (Å²) in [6.45, 7) is 7.80. The second kappa shape index (κ2) is 7.53. The molecule has 2 aliphatic rings. The highest BCUT2D eigenvalue weighted by Crippen LogP contribution is 2.29. The molecule has 124 valence electrons. The Morgan fingerprint density at radius 2 is 2.14 bits per heavy atom. The molecule has 0 amide bonds. The van der Waals surface area contributed by atoms with Gasteiger partial charge in [-0.15, -0.1) is 0 Å². The lowest BCUT2D eigenvalue weighted by atomic mass is 9.96. The lowest BCUT2D eigenvalue weighted by Crippen LogP contribution is -2.42. The summed E-state index contributed by atoms with van der Waals surface area (Å²) >= 11 is 0. The van der Waals surface area contributed by atoms with Gasteiger partial charge < -0.3 is 14.0 Å². The van der Waals surface area contributed by atoms with Gasteiger partial charge in [0.05, 0.1) is 19.3 Å². The smallest absolute Gasteiger partial charge is 0.243 e. The minimum atomic E-state index is -0.0298. The van der Waals surface area contributed by atoms with Crippen molar-refractivity contribution < 1.29 is 14.0 Å². The van der Waals surface area contributed by atoms with E-state index in [1.807, 2.05) is 0 Å². The van der Waals surface area contributed by atoms with Gasteiger partial charge in [-0.3, -0.25) is 4.90 Å². The largest absolute Gasteiger partial charge is 0.350 e. The molecule has 0 saturated carbocycles. The van der Waals surface area contributed by atoms with Crippen LogP contribution in [-0.4, -0.2) is 47.6 Å². The summed E-state index contributed by atoms with van der Waals surface area (Å²) in [7, 11) is 0. The molecule has 1 aromatic rings. The van der Waals surface area contributed by atoms with E-state index >= 15 is 0 Å². The first-order valence-electron chi connectivity index (χ1n) is 8.57. The van der Waals surface area contributed by atoms with Gasteiger partial charge in [0.1, 0.15) is 0 Å². The summed E-state index contributed by atoms with van der Waals surface area (Å²) in [5, 5.41) is 4.10. The van der Waals surface area contributed by atoms with Crippen molar-refractivity contribution in [2.45, 2.75) is 58.3 Å². The number of aromatic nitrogens is 2. The Morgan fingerprint density at radius 3 is 2.91 bits per heavy atom. The van der Waals surface area contributed by atoms with Crippen LogP contribution in [0.15, 0.2) is 4.52 Å². The van der Waals surface area contributed by atoms with Crippen molar-refractivity contribution in [2.75, 3.05) is 26.3 Å². The molecule has 2 unspecified atom stereocenters. The summed E-state index contributed by atoms with van der Waals surface area (Å²) in [6, 6.07) is 0.159. The molecule has 6 nitrogen and oxygen atoms in total. The first-order chi connectivity index (χ1) is 10.8. The summed E-state index contributed by atoms with van der Waals surface area (Å²) < 4.78 is 16.8. The summed E-state index contributed by atoms with van der Waals surface area (Å²) in [4.78, 5) is 6.98. The SMILES string of the molecule is CCCCc1noc(C(C)N2CCCC(C3OCCO3)C2)n1. The highest BCUT2D eigenvalue weighted by molar-refractivity contribution is 4.94. The fourth-order valence-corrected chi connectivity index (χ4v) is 3.29. The molecule has 3 rings (SSSR count). The molecule has 2 atom stereocenters. The van der Waals surface area contributed by atoms with Crippen molar-refractivity contribution in [1.29, 1.82) is 0 Å². The van der Waals surface area contributed by atoms with Crippen LogP contribution >= 0.6 is 0 Å². The maximum atomic E-state index is 5.67. The van der Waals surface area contributed by atoms with Crippen LogP contribution in [0.4, 0.5) is 0 Å². The fraction of sp³-hybridized carbons (Fsp3) is 0.875. The van der Waals surface area contributed by atoms with Crippen LogP contribution in [0.3, 0.4) is 0 Å². The first-order valence-corrected chi connectivity index (χ1v) is 8.57. The summed E-state index contributed by atoms with van der Waals surface area (Å²) in [5.74, 6) is 2.01. The van der Waals surface area contributed by atoms with E-state index in [0.717, 1.165) is 63.7 Å². The third-order valence-corrected chi connectivity index (χ3v) is 4.66. The first kappa shape index (κ1) is 15.9. The van der Waals surface area contributed by atoms with Gasteiger partial charge in [-0.2, -0.15) is 4.98 Å². The number of piperidine rings is 1. The van der Waals surface area contributed by atoms with Gasteiger partial charge in [0, 0.05) is 18.9 Å². The molecule has 0 bridgehead atoms. The molecule has 0 N–H and O–H groups in total. The van der Waals surface area contributed by atoms with Crippen LogP contribution in [0.1, 0.15) is 57.3 Å². The maximum absolute atomic E-state index is 5.67.